The molecule has 0 aliphatic heterocycles. The van der Waals surface area contributed by atoms with Crippen LogP contribution >= 0.6 is 11.3 Å². The lowest BCUT2D eigenvalue weighted by atomic mass is 10.2. The van der Waals surface area contributed by atoms with Crippen molar-refractivity contribution >= 4 is 31.6 Å². The first-order valence-corrected chi connectivity index (χ1v) is 10.4. The maximum atomic E-state index is 12.4. The second-order valence-corrected chi connectivity index (χ2v) is 8.71. The number of rotatable bonds is 6. The van der Waals surface area contributed by atoms with Gasteiger partial charge in [0.15, 0.2) is 0 Å². The Labute approximate surface area is 151 Å². The molecular formula is C18H20N2O3S2. The summed E-state index contributed by atoms with van der Waals surface area (Å²) in [5.41, 5.74) is 1.78. The fourth-order valence-electron chi connectivity index (χ4n) is 2.55. The molecule has 1 heterocycles. The third kappa shape index (κ3) is 3.84. The highest BCUT2D eigenvalue weighted by atomic mass is 32.2. The van der Waals surface area contributed by atoms with Crippen molar-refractivity contribution in [3.05, 3.63) is 63.8 Å². The Morgan fingerprint density at radius 3 is 2.56 bits per heavy atom. The van der Waals surface area contributed by atoms with Crippen LogP contribution in [0.5, 0.6) is 0 Å². The highest BCUT2D eigenvalue weighted by Gasteiger charge is 2.18. The van der Waals surface area contributed by atoms with Crippen LogP contribution in [0.25, 0.3) is 10.2 Å². The van der Waals surface area contributed by atoms with E-state index in [0.29, 0.717) is 17.7 Å². The molecule has 0 aliphatic rings. The van der Waals surface area contributed by atoms with E-state index in [2.05, 4.69) is 4.72 Å². The van der Waals surface area contributed by atoms with E-state index in [1.54, 1.807) is 22.8 Å². The molecule has 2 aromatic carbocycles. The fraction of sp³-hybridized carbons (Fsp3) is 0.278. The predicted octanol–water partition coefficient (Wildman–Crippen LogP) is 3.19. The maximum absolute atomic E-state index is 12.4. The highest BCUT2D eigenvalue weighted by molar-refractivity contribution is 7.89. The number of benzene rings is 2. The normalized spacial score (nSPS) is 13.2. The molecule has 0 saturated carbocycles. The first-order valence-electron chi connectivity index (χ1n) is 8.10. The first kappa shape index (κ1) is 17.8. The van der Waals surface area contributed by atoms with Crippen molar-refractivity contribution in [1.29, 1.82) is 0 Å². The van der Waals surface area contributed by atoms with Crippen molar-refractivity contribution in [2.45, 2.75) is 37.8 Å². The van der Waals surface area contributed by atoms with E-state index in [0.717, 1.165) is 22.4 Å². The number of aromatic nitrogens is 1. The quantitative estimate of drug-likeness (QED) is 0.718. The zero-order chi connectivity index (χ0) is 18.0. The van der Waals surface area contributed by atoms with Gasteiger partial charge in [0.25, 0.3) is 0 Å². The SMILES string of the molecule is CC[C@@H](C)NS(=O)(=O)c1ccc2c(c1)sc(=O)n2Cc1ccccc1. The Morgan fingerprint density at radius 2 is 1.88 bits per heavy atom. The average molecular weight is 377 g/mol. The number of hydrogen-bond donors (Lipinski definition) is 1. The number of nitrogens with one attached hydrogen (secondary N) is 1. The molecule has 132 valence electrons. The number of hydrogen-bond acceptors (Lipinski definition) is 4. The summed E-state index contributed by atoms with van der Waals surface area (Å²) >= 11 is 1.07. The van der Waals surface area contributed by atoms with Gasteiger partial charge in [0.1, 0.15) is 0 Å². The van der Waals surface area contributed by atoms with Gasteiger partial charge >= 0.3 is 4.87 Å². The molecule has 3 rings (SSSR count). The van der Waals surface area contributed by atoms with Crippen molar-refractivity contribution in [3.8, 4) is 0 Å². The lowest BCUT2D eigenvalue weighted by Gasteiger charge is -2.12. The van der Waals surface area contributed by atoms with E-state index in [-0.39, 0.29) is 15.8 Å². The summed E-state index contributed by atoms with van der Waals surface area (Å²) in [6.07, 6.45) is 0.711. The van der Waals surface area contributed by atoms with Crippen molar-refractivity contribution < 1.29 is 8.42 Å². The Hall–Kier alpha value is -1.96. The van der Waals surface area contributed by atoms with Gasteiger partial charge in [-0.1, -0.05) is 48.6 Å². The van der Waals surface area contributed by atoms with E-state index in [1.165, 1.54) is 0 Å². The topological polar surface area (TPSA) is 68.2 Å². The van der Waals surface area contributed by atoms with E-state index < -0.39 is 10.0 Å². The van der Waals surface area contributed by atoms with E-state index in [1.807, 2.05) is 44.2 Å². The van der Waals surface area contributed by atoms with E-state index >= 15 is 0 Å². The van der Waals surface area contributed by atoms with Crippen LogP contribution in [-0.2, 0) is 16.6 Å². The Morgan fingerprint density at radius 1 is 1.16 bits per heavy atom. The molecule has 1 atom stereocenters. The van der Waals surface area contributed by atoms with Gasteiger partial charge in [-0.25, -0.2) is 13.1 Å². The summed E-state index contributed by atoms with van der Waals surface area (Å²) in [7, 11) is -3.58. The fourth-order valence-corrected chi connectivity index (χ4v) is 4.90. The van der Waals surface area contributed by atoms with Gasteiger partial charge in [0.05, 0.1) is 21.7 Å². The molecule has 0 fully saturated rings. The number of fused-ring (bicyclic) bond motifs is 1. The monoisotopic (exact) mass is 376 g/mol. The largest absolute Gasteiger partial charge is 0.308 e. The lowest BCUT2D eigenvalue weighted by Crippen LogP contribution is -2.31. The minimum Gasteiger partial charge on any atom is -0.294 e. The molecule has 5 nitrogen and oxygen atoms in total. The summed E-state index contributed by atoms with van der Waals surface area (Å²) < 4.78 is 29.9. The van der Waals surface area contributed by atoms with Crippen molar-refractivity contribution in [2.24, 2.45) is 0 Å². The van der Waals surface area contributed by atoms with Crippen LogP contribution in [-0.4, -0.2) is 19.0 Å². The van der Waals surface area contributed by atoms with E-state index in [4.69, 9.17) is 0 Å². The molecule has 0 aliphatic carbocycles. The zero-order valence-corrected chi connectivity index (χ0v) is 15.7. The molecule has 0 saturated heterocycles. The van der Waals surface area contributed by atoms with Gasteiger partial charge in [0.2, 0.25) is 10.0 Å². The predicted molar refractivity (Wildman–Crippen MR) is 102 cm³/mol. The van der Waals surface area contributed by atoms with E-state index in [9.17, 15) is 13.2 Å². The van der Waals surface area contributed by atoms with Gasteiger partial charge < -0.3 is 0 Å². The number of sulfonamides is 1. The van der Waals surface area contributed by atoms with Gasteiger partial charge in [-0.2, -0.15) is 0 Å². The molecule has 0 amide bonds. The van der Waals surface area contributed by atoms with Crippen molar-refractivity contribution in [2.75, 3.05) is 0 Å². The van der Waals surface area contributed by atoms with Crippen LogP contribution in [0.2, 0.25) is 0 Å². The molecule has 0 unspecified atom stereocenters. The number of nitrogens with zero attached hydrogens (tertiary/aromatic N) is 1. The minimum atomic E-state index is -3.58. The molecule has 3 aromatic rings. The first-order chi connectivity index (χ1) is 11.9. The third-order valence-corrected chi connectivity index (χ3v) is 6.63. The van der Waals surface area contributed by atoms with Gasteiger partial charge in [0, 0.05) is 6.04 Å². The summed E-state index contributed by atoms with van der Waals surface area (Å²) in [5, 5.41) is 0. The number of thiazole rings is 1. The standard InChI is InChI=1S/C18H20N2O3S2/c1-3-13(2)19-25(22,23)15-9-10-16-17(11-15)24-18(21)20(16)12-14-7-5-4-6-8-14/h4-11,13,19H,3,12H2,1-2H3/t13-/m1/s1. The Bertz CT molecular complexity index is 1040. The summed E-state index contributed by atoms with van der Waals surface area (Å²) in [5.74, 6) is 0. The van der Waals surface area contributed by atoms with Crippen LogP contribution in [0.3, 0.4) is 0 Å². The zero-order valence-electron chi connectivity index (χ0n) is 14.1. The molecule has 1 N–H and O–H groups in total. The van der Waals surface area contributed by atoms with Crippen LogP contribution < -0.4 is 9.60 Å². The highest BCUT2D eigenvalue weighted by Crippen LogP contribution is 2.22. The summed E-state index contributed by atoms with van der Waals surface area (Å²) in [6, 6.07) is 14.4. The van der Waals surface area contributed by atoms with Gasteiger partial charge in [-0.05, 0) is 37.1 Å². The van der Waals surface area contributed by atoms with Crippen LogP contribution in [0.4, 0.5) is 0 Å². The molecule has 0 radical (unpaired) electrons. The summed E-state index contributed by atoms with van der Waals surface area (Å²) in [6.45, 7) is 4.22. The summed E-state index contributed by atoms with van der Waals surface area (Å²) in [4.78, 5) is 12.4. The molecular weight excluding hydrogens is 356 g/mol. The smallest absolute Gasteiger partial charge is 0.294 e. The van der Waals surface area contributed by atoms with Gasteiger partial charge in [-0.3, -0.25) is 9.36 Å². The minimum absolute atomic E-state index is 0.0942. The Balaban J connectivity index is 1.99. The third-order valence-electron chi connectivity index (χ3n) is 4.10. The second-order valence-electron chi connectivity index (χ2n) is 6.00. The maximum Gasteiger partial charge on any atom is 0.308 e. The molecule has 0 spiro atoms. The molecule has 1 aromatic heterocycles. The second kappa shape index (κ2) is 7.11. The Kier molecular flexibility index (Phi) is 5.08. The molecule has 0 bridgehead atoms. The van der Waals surface area contributed by atoms with Crippen LogP contribution in [0.15, 0.2) is 58.2 Å². The molecule has 7 heteroatoms. The molecule has 25 heavy (non-hydrogen) atoms. The van der Waals surface area contributed by atoms with Crippen LogP contribution in [0.1, 0.15) is 25.8 Å². The van der Waals surface area contributed by atoms with Crippen LogP contribution in [0, 0.1) is 0 Å². The van der Waals surface area contributed by atoms with Crippen molar-refractivity contribution in [1.82, 2.24) is 9.29 Å². The van der Waals surface area contributed by atoms with Crippen molar-refractivity contribution in [3.63, 3.8) is 0 Å². The average Bonchev–Trinajstić information content (AvgIpc) is 2.90. The lowest BCUT2D eigenvalue weighted by molar-refractivity contribution is 0.556. The van der Waals surface area contributed by atoms with Gasteiger partial charge in [-0.15, -0.1) is 0 Å².